The maximum atomic E-state index is 13.1. The highest BCUT2D eigenvalue weighted by Crippen LogP contribution is 2.35. The van der Waals surface area contributed by atoms with Crippen LogP contribution in [0.1, 0.15) is 30.7 Å². The summed E-state index contributed by atoms with van der Waals surface area (Å²) in [5.74, 6) is -0.829. The summed E-state index contributed by atoms with van der Waals surface area (Å²) in [5.41, 5.74) is 1.33. The highest BCUT2D eigenvalue weighted by Gasteiger charge is 2.31. The van der Waals surface area contributed by atoms with E-state index < -0.39 is 17.6 Å². The summed E-state index contributed by atoms with van der Waals surface area (Å²) in [7, 11) is 0. The average molecular weight is 459 g/mol. The van der Waals surface area contributed by atoms with Gasteiger partial charge in [-0.3, -0.25) is 14.5 Å². The predicted octanol–water partition coefficient (Wildman–Crippen LogP) is 6.06. The van der Waals surface area contributed by atoms with E-state index in [0.29, 0.717) is 5.69 Å². The van der Waals surface area contributed by atoms with Gasteiger partial charge < -0.3 is 5.32 Å². The molecule has 1 heterocycles. The molecule has 0 aliphatic heterocycles. The van der Waals surface area contributed by atoms with Crippen molar-refractivity contribution in [1.29, 1.82) is 0 Å². The number of carbonyl (C=O) groups is 2. The highest BCUT2D eigenvalue weighted by atomic mass is 32.1. The molecule has 0 saturated heterocycles. The molecule has 0 saturated carbocycles. The Balaban J connectivity index is 1.78. The Kier molecular flexibility index (Phi) is 7.09. The van der Waals surface area contributed by atoms with Crippen LogP contribution in [0.15, 0.2) is 60.0 Å². The van der Waals surface area contributed by atoms with Gasteiger partial charge in [0, 0.05) is 24.1 Å². The first-order valence-corrected chi connectivity index (χ1v) is 10.6. The van der Waals surface area contributed by atoms with E-state index >= 15 is 0 Å². The SMILES string of the molecule is CCc1ccccc1NC(=O)/C=C/c1csc(N(C(C)=O)c2cccc(C(F)(F)F)c2)n1. The molecule has 0 radical (unpaired) electrons. The number of nitrogens with one attached hydrogen (secondary N) is 1. The van der Waals surface area contributed by atoms with Crippen LogP contribution in [0.3, 0.4) is 0 Å². The quantitative estimate of drug-likeness (QED) is 0.456. The number of hydrogen-bond acceptors (Lipinski definition) is 4. The van der Waals surface area contributed by atoms with E-state index in [4.69, 9.17) is 0 Å². The lowest BCUT2D eigenvalue weighted by Gasteiger charge is -2.19. The molecule has 0 spiro atoms. The fourth-order valence-electron chi connectivity index (χ4n) is 2.99. The van der Waals surface area contributed by atoms with Crippen LogP contribution in [-0.2, 0) is 22.2 Å². The van der Waals surface area contributed by atoms with Gasteiger partial charge >= 0.3 is 6.18 Å². The van der Waals surface area contributed by atoms with Gasteiger partial charge in [0.15, 0.2) is 5.13 Å². The molecule has 2 aromatic carbocycles. The largest absolute Gasteiger partial charge is 0.416 e. The van der Waals surface area contributed by atoms with Gasteiger partial charge in [0.2, 0.25) is 11.8 Å². The van der Waals surface area contributed by atoms with Crippen LogP contribution >= 0.6 is 11.3 Å². The van der Waals surface area contributed by atoms with Crippen molar-refractivity contribution in [2.45, 2.75) is 26.4 Å². The van der Waals surface area contributed by atoms with E-state index in [1.54, 1.807) is 5.38 Å². The summed E-state index contributed by atoms with van der Waals surface area (Å²) in [6.07, 6.45) is -0.965. The zero-order valence-electron chi connectivity index (χ0n) is 17.3. The van der Waals surface area contributed by atoms with Crippen molar-refractivity contribution in [3.05, 3.63) is 76.8 Å². The van der Waals surface area contributed by atoms with E-state index in [1.165, 1.54) is 31.2 Å². The molecular formula is C23H20F3N3O2S. The first-order chi connectivity index (χ1) is 15.2. The second kappa shape index (κ2) is 9.78. The third-order valence-corrected chi connectivity index (χ3v) is 5.35. The predicted molar refractivity (Wildman–Crippen MR) is 120 cm³/mol. The van der Waals surface area contributed by atoms with Crippen LogP contribution in [0, 0.1) is 0 Å². The van der Waals surface area contributed by atoms with Crippen LogP contribution < -0.4 is 10.2 Å². The maximum absolute atomic E-state index is 13.1. The van der Waals surface area contributed by atoms with Gasteiger partial charge in [-0.25, -0.2) is 4.98 Å². The van der Waals surface area contributed by atoms with Crippen molar-refractivity contribution in [1.82, 2.24) is 4.98 Å². The van der Waals surface area contributed by atoms with Gasteiger partial charge in [-0.2, -0.15) is 13.2 Å². The molecule has 32 heavy (non-hydrogen) atoms. The number of halogens is 3. The van der Waals surface area contributed by atoms with Crippen molar-refractivity contribution in [3.63, 3.8) is 0 Å². The molecule has 0 unspecified atom stereocenters. The van der Waals surface area contributed by atoms with E-state index in [2.05, 4.69) is 10.3 Å². The Morgan fingerprint density at radius 2 is 1.91 bits per heavy atom. The number of aryl methyl sites for hydroxylation is 1. The molecule has 1 N–H and O–H groups in total. The number of thiazole rings is 1. The van der Waals surface area contributed by atoms with Gasteiger partial charge in [-0.05, 0) is 42.3 Å². The van der Waals surface area contributed by atoms with E-state index in [9.17, 15) is 22.8 Å². The molecule has 2 amide bonds. The number of anilines is 3. The van der Waals surface area contributed by atoms with Crippen LogP contribution in [-0.4, -0.2) is 16.8 Å². The van der Waals surface area contributed by atoms with Gasteiger partial charge in [0.1, 0.15) is 0 Å². The van der Waals surface area contributed by atoms with Crippen molar-refractivity contribution in [2.24, 2.45) is 0 Å². The topological polar surface area (TPSA) is 62.3 Å². The molecule has 0 fully saturated rings. The molecule has 0 bridgehead atoms. The summed E-state index contributed by atoms with van der Waals surface area (Å²) in [6.45, 7) is 3.23. The number of aromatic nitrogens is 1. The molecule has 9 heteroatoms. The molecule has 5 nitrogen and oxygen atoms in total. The van der Waals surface area contributed by atoms with Crippen LogP contribution in [0.25, 0.3) is 6.08 Å². The van der Waals surface area contributed by atoms with E-state index in [0.717, 1.165) is 46.0 Å². The molecule has 3 rings (SSSR count). The Bertz CT molecular complexity index is 1160. The first-order valence-electron chi connectivity index (χ1n) is 9.69. The minimum Gasteiger partial charge on any atom is -0.322 e. The van der Waals surface area contributed by atoms with Crippen molar-refractivity contribution < 1.29 is 22.8 Å². The molecule has 166 valence electrons. The third-order valence-electron chi connectivity index (χ3n) is 4.51. The molecule has 0 aliphatic carbocycles. The van der Waals surface area contributed by atoms with Crippen molar-refractivity contribution in [2.75, 3.05) is 10.2 Å². The van der Waals surface area contributed by atoms with Crippen LogP contribution in [0.5, 0.6) is 0 Å². The number of alkyl halides is 3. The Morgan fingerprint density at radius 1 is 1.16 bits per heavy atom. The lowest BCUT2D eigenvalue weighted by atomic mass is 10.1. The number of para-hydroxylation sites is 1. The van der Waals surface area contributed by atoms with Crippen LogP contribution in [0.2, 0.25) is 0 Å². The monoisotopic (exact) mass is 459 g/mol. The van der Waals surface area contributed by atoms with Gasteiger partial charge in [0.25, 0.3) is 0 Å². The maximum Gasteiger partial charge on any atom is 0.416 e. The van der Waals surface area contributed by atoms with Crippen LogP contribution in [0.4, 0.5) is 29.7 Å². The fourth-order valence-corrected chi connectivity index (χ4v) is 3.84. The van der Waals surface area contributed by atoms with Gasteiger partial charge in [-0.1, -0.05) is 31.2 Å². The number of carbonyl (C=O) groups excluding carboxylic acids is 2. The lowest BCUT2D eigenvalue weighted by molar-refractivity contribution is -0.137. The summed E-state index contributed by atoms with van der Waals surface area (Å²) in [5, 5.41) is 4.62. The summed E-state index contributed by atoms with van der Waals surface area (Å²) >= 11 is 1.09. The smallest absolute Gasteiger partial charge is 0.322 e. The van der Waals surface area contributed by atoms with E-state index in [1.807, 2.05) is 31.2 Å². The Hall–Kier alpha value is -3.46. The molecule has 0 atom stereocenters. The second-order valence-electron chi connectivity index (χ2n) is 6.79. The second-order valence-corrected chi connectivity index (χ2v) is 7.63. The fraction of sp³-hybridized carbons (Fsp3) is 0.174. The summed E-state index contributed by atoms with van der Waals surface area (Å²) in [6, 6.07) is 11.9. The Labute approximate surface area is 187 Å². The first kappa shape index (κ1) is 23.2. The van der Waals surface area contributed by atoms with Gasteiger partial charge in [0.05, 0.1) is 16.9 Å². The molecule has 1 aromatic heterocycles. The summed E-state index contributed by atoms with van der Waals surface area (Å²) < 4.78 is 39.2. The van der Waals surface area contributed by atoms with Crippen molar-refractivity contribution >= 4 is 45.7 Å². The molecule has 0 aliphatic rings. The number of rotatable bonds is 6. The number of benzene rings is 2. The minimum atomic E-state index is -4.53. The van der Waals surface area contributed by atoms with Crippen molar-refractivity contribution in [3.8, 4) is 0 Å². The number of nitrogens with zero attached hydrogens (tertiary/aromatic N) is 2. The minimum absolute atomic E-state index is 0.0612. The normalized spacial score (nSPS) is 11.5. The number of hydrogen-bond donors (Lipinski definition) is 1. The number of amides is 2. The third kappa shape index (κ3) is 5.61. The lowest BCUT2D eigenvalue weighted by Crippen LogP contribution is -2.23. The zero-order valence-corrected chi connectivity index (χ0v) is 18.1. The van der Waals surface area contributed by atoms with E-state index in [-0.39, 0.29) is 16.7 Å². The zero-order chi connectivity index (χ0) is 23.3. The average Bonchev–Trinajstić information content (AvgIpc) is 3.20. The molecular weight excluding hydrogens is 439 g/mol. The highest BCUT2D eigenvalue weighted by molar-refractivity contribution is 7.14. The summed E-state index contributed by atoms with van der Waals surface area (Å²) in [4.78, 5) is 29.8. The molecule has 3 aromatic rings. The Morgan fingerprint density at radius 3 is 2.59 bits per heavy atom. The van der Waals surface area contributed by atoms with Gasteiger partial charge in [-0.15, -0.1) is 11.3 Å². The standard InChI is InChI=1S/C23H20F3N3O2S/c1-3-16-7-4-5-10-20(16)28-21(31)12-11-18-14-32-22(27-18)29(15(2)30)19-9-6-8-17(13-19)23(24,25)26/h4-14H,3H2,1-2H3,(H,28,31)/b12-11+.